The van der Waals surface area contributed by atoms with E-state index in [9.17, 15) is 9.90 Å². The van der Waals surface area contributed by atoms with E-state index in [0.29, 0.717) is 12.5 Å². The zero-order valence-electron chi connectivity index (χ0n) is 12.9. The Morgan fingerprint density at radius 3 is 2.95 bits per heavy atom. The summed E-state index contributed by atoms with van der Waals surface area (Å²) in [6.45, 7) is 2.49. The minimum atomic E-state index is -0.742. The van der Waals surface area contributed by atoms with E-state index in [1.54, 1.807) is 7.11 Å². The molecule has 1 aromatic carbocycles. The van der Waals surface area contributed by atoms with Gasteiger partial charge in [-0.15, -0.1) is 0 Å². The van der Waals surface area contributed by atoms with Crippen LogP contribution in [0.15, 0.2) is 24.3 Å². The van der Waals surface area contributed by atoms with Gasteiger partial charge >= 0.3 is 0 Å². The molecule has 0 aliphatic heterocycles. The molecule has 0 spiro atoms. The molecule has 4 nitrogen and oxygen atoms in total. The van der Waals surface area contributed by atoms with Crippen molar-refractivity contribution >= 4 is 5.91 Å². The van der Waals surface area contributed by atoms with Crippen molar-refractivity contribution in [2.24, 2.45) is 5.92 Å². The first-order valence-electron chi connectivity index (χ1n) is 7.63. The van der Waals surface area contributed by atoms with Gasteiger partial charge in [-0.05, 0) is 24.8 Å². The summed E-state index contributed by atoms with van der Waals surface area (Å²) in [6, 6.07) is 7.50. The molecular weight excluding hydrogens is 266 g/mol. The van der Waals surface area contributed by atoms with Gasteiger partial charge in [0.15, 0.2) is 0 Å². The zero-order valence-corrected chi connectivity index (χ0v) is 12.9. The van der Waals surface area contributed by atoms with E-state index in [0.717, 1.165) is 37.0 Å². The smallest absolute Gasteiger partial charge is 0.224 e. The third-order valence-electron chi connectivity index (χ3n) is 4.23. The molecule has 0 bridgehead atoms. The number of methoxy groups -OCH3 is 1. The highest BCUT2D eigenvalue weighted by Gasteiger charge is 2.32. The second-order valence-corrected chi connectivity index (χ2v) is 6.19. The fourth-order valence-electron chi connectivity index (χ4n) is 3.14. The Kier molecular flexibility index (Phi) is 5.23. The minimum absolute atomic E-state index is 0.0776. The number of rotatable bonds is 5. The minimum Gasteiger partial charge on any atom is -0.496 e. The first-order valence-corrected chi connectivity index (χ1v) is 7.63. The molecule has 1 aliphatic carbocycles. The molecule has 2 rings (SSSR count). The quantitative estimate of drug-likeness (QED) is 0.875. The Hall–Kier alpha value is -1.55. The second-order valence-electron chi connectivity index (χ2n) is 6.19. The highest BCUT2D eigenvalue weighted by Crippen LogP contribution is 2.31. The fraction of sp³-hybridized carbons (Fsp3) is 0.588. The number of benzene rings is 1. The van der Waals surface area contributed by atoms with Crippen LogP contribution in [0.5, 0.6) is 5.75 Å². The van der Waals surface area contributed by atoms with E-state index in [1.807, 2.05) is 24.3 Å². The van der Waals surface area contributed by atoms with Gasteiger partial charge in [0.2, 0.25) is 5.91 Å². The molecule has 0 radical (unpaired) electrons. The topological polar surface area (TPSA) is 58.6 Å². The van der Waals surface area contributed by atoms with Gasteiger partial charge < -0.3 is 15.2 Å². The molecule has 1 aromatic rings. The molecule has 4 heteroatoms. The summed E-state index contributed by atoms with van der Waals surface area (Å²) >= 11 is 0. The summed E-state index contributed by atoms with van der Waals surface area (Å²) in [6.07, 6.45) is 4.00. The molecule has 1 aliphatic rings. The number of para-hydroxylation sites is 1. The van der Waals surface area contributed by atoms with Crippen LogP contribution in [0.1, 0.15) is 38.2 Å². The maximum Gasteiger partial charge on any atom is 0.224 e. The van der Waals surface area contributed by atoms with E-state index in [2.05, 4.69) is 12.2 Å². The lowest BCUT2D eigenvalue weighted by atomic mass is 9.79. The van der Waals surface area contributed by atoms with Gasteiger partial charge in [-0.2, -0.15) is 0 Å². The number of hydrogen-bond acceptors (Lipinski definition) is 3. The number of amides is 1. The number of hydrogen-bond donors (Lipinski definition) is 2. The lowest BCUT2D eigenvalue weighted by Gasteiger charge is -2.35. The van der Waals surface area contributed by atoms with Crippen LogP contribution in [0.3, 0.4) is 0 Å². The standard InChI is InChI=1S/C17H25NO3/c1-13-6-5-9-17(20,11-13)12-18-16(19)10-14-7-3-4-8-15(14)21-2/h3-4,7-8,13,20H,5-6,9-12H2,1-2H3,(H,18,19). The van der Waals surface area contributed by atoms with Gasteiger partial charge in [-0.3, -0.25) is 4.79 Å². The molecule has 0 saturated heterocycles. The SMILES string of the molecule is COc1ccccc1CC(=O)NCC1(O)CCCC(C)C1. The van der Waals surface area contributed by atoms with Crippen molar-refractivity contribution in [3.63, 3.8) is 0 Å². The van der Waals surface area contributed by atoms with Crippen LogP contribution >= 0.6 is 0 Å². The predicted molar refractivity (Wildman–Crippen MR) is 82.3 cm³/mol. The van der Waals surface area contributed by atoms with Crippen LogP contribution < -0.4 is 10.1 Å². The van der Waals surface area contributed by atoms with Crippen LogP contribution in [0.2, 0.25) is 0 Å². The largest absolute Gasteiger partial charge is 0.496 e. The molecule has 2 N–H and O–H groups in total. The van der Waals surface area contributed by atoms with E-state index in [-0.39, 0.29) is 12.3 Å². The molecule has 2 unspecified atom stereocenters. The van der Waals surface area contributed by atoms with E-state index < -0.39 is 5.60 Å². The van der Waals surface area contributed by atoms with Crippen molar-refractivity contribution in [2.75, 3.05) is 13.7 Å². The Bertz CT molecular complexity index is 489. The number of carbonyl (C=O) groups excluding carboxylic acids is 1. The molecule has 0 heterocycles. The maximum atomic E-state index is 12.1. The Balaban J connectivity index is 1.87. The second kappa shape index (κ2) is 6.94. The summed E-state index contributed by atoms with van der Waals surface area (Å²) in [5, 5.41) is 13.4. The number of nitrogens with one attached hydrogen (secondary N) is 1. The number of aliphatic hydroxyl groups is 1. The molecular formula is C17H25NO3. The van der Waals surface area contributed by atoms with Crippen molar-refractivity contribution in [1.29, 1.82) is 0 Å². The fourth-order valence-corrected chi connectivity index (χ4v) is 3.14. The van der Waals surface area contributed by atoms with Crippen molar-refractivity contribution in [1.82, 2.24) is 5.32 Å². The van der Waals surface area contributed by atoms with Gasteiger partial charge in [0.25, 0.3) is 0 Å². The van der Waals surface area contributed by atoms with Crippen molar-refractivity contribution in [3.8, 4) is 5.75 Å². The summed E-state index contributed by atoms with van der Waals surface area (Å²) in [5.74, 6) is 1.17. The van der Waals surface area contributed by atoms with Gasteiger partial charge in [0, 0.05) is 12.1 Å². The first-order chi connectivity index (χ1) is 10.0. The predicted octanol–water partition coefficient (Wildman–Crippen LogP) is 2.30. The molecule has 0 aromatic heterocycles. The molecule has 116 valence electrons. The lowest BCUT2D eigenvalue weighted by molar-refractivity contribution is -0.122. The zero-order chi connectivity index (χ0) is 15.3. The van der Waals surface area contributed by atoms with E-state index >= 15 is 0 Å². The van der Waals surface area contributed by atoms with Crippen molar-refractivity contribution in [3.05, 3.63) is 29.8 Å². The van der Waals surface area contributed by atoms with E-state index in [1.165, 1.54) is 0 Å². The summed E-state index contributed by atoms with van der Waals surface area (Å²) in [4.78, 5) is 12.1. The van der Waals surface area contributed by atoms with Gasteiger partial charge in [-0.25, -0.2) is 0 Å². The summed E-state index contributed by atoms with van der Waals surface area (Å²) in [7, 11) is 1.60. The molecule has 1 amide bonds. The highest BCUT2D eigenvalue weighted by molar-refractivity contribution is 5.79. The van der Waals surface area contributed by atoms with Gasteiger partial charge in [0.05, 0.1) is 19.1 Å². The molecule has 21 heavy (non-hydrogen) atoms. The number of carbonyl (C=O) groups is 1. The summed E-state index contributed by atoms with van der Waals surface area (Å²) < 4.78 is 5.25. The van der Waals surface area contributed by atoms with Crippen molar-refractivity contribution < 1.29 is 14.6 Å². The molecule has 1 fully saturated rings. The van der Waals surface area contributed by atoms with Crippen LogP contribution in [-0.4, -0.2) is 30.3 Å². The average molecular weight is 291 g/mol. The van der Waals surface area contributed by atoms with Crippen LogP contribution in [0, 0.1) is 5.92 Å². The van der Waals surface area contributed by atoms with Crippen LogP contribution in [-0.2, 0) is 11.2 Å². The van der Waals surface area contributed by atoms with E-state index in [4.69, 9.17) is 4.74 Å². The van der Waals surface area contributed by atoms with Gasteiger partial charge in [-0.1, -0.05) is 38.0 Å². The van der Waals surface area contributed by atoms with Crippen LogP contribution in [0.4, 0.5) is 0 Å². The van der Waals surface area contributed by atoms with Gasteiger partial charge in [0.1, 0.15) is 5.75 Å². The number of ether oxygens (including phenoxy) is 1. The summed E-state index contributed by atoms with van der Waals surface area (Å²) in [5.41, 5.74) is 0.121. The Morgan fingerprint density at radius 2 is 2.24 bits per heavy atom. The highest BCUT2D eigenvalue weighted by atomic mass is 16.5. The monoisotopic (exact) mass is 291 g/mol. The molecule has 1 saturated carbocycles. The molecule has 2 atom stereocenters. The average Bonchev–Trinajstić information content (AvgIpc) is 2.46. The maximum absolute atomic E-state index is 12.1. The first kappa shape index (κ1) is 15.8. The lowest BCUT2D eigenvalue weighted by Crippen LogP contribution is -2.46. The Labute approximate surface area is 126 Å². The third kappa shape index (κ3) is 4.46. The van der Waals surface area contributed by atoms with Crippen molar-refractivity contribution in [2.45, 2.75) is 44.6 Å². The Morgan fingerprint density at radius 1 is 1.48 bits per heavy atom. The normalized spacial score (nSPS) is 25.4. The third-order valence-corrected chi connectivity index (χ3v) is 4.23. The van der Waals surface area contributed by atoms with Crippen LogP contribution in [0.25, 0.3) is 0 Å².